The van der Waals surface area contributed by atoms with Crippen LogP contribution in [0.2, 0.25) is 0 Å². The average Bonchev–Trinajstić information content (AvgIpc) is 2.90. The molecule has 0 aromatic heterocycles. The molecule has 1 amide bonds. The minimum atomic E-state index is 0.267. The van der Waals surface area contributed by atoms with Crippen molar-refractivity contribution in [2.24, 2.45) is 17.8 Å². The Bertz CT molecular complexity index is 249. The van der Waals surface area contributed by atoms with Gasteiger partial charge in [-0.1, -0.05) is 0 Å². The fourth-order valence-electron chi connectivity index (χ4n) is 2.81. The van der Waals surface area contributed by atoms with E-state index in [-0.39, 0.29) is 5.92 Å². The number of halogens is 1. The first-order valence-corrected chi connectivity index (χ1v) is 6.63. The molecule has 2 atom stereocenters. The SMILES string of the molecule is COCCN(CCCl)C(=O)C1CC2CC2C1. The van der Waals surface area contributed by atoms with Crippen LogP contribution < -0.4 is 0 Å². The maximum Gasteiger partial charge on any atom is 0.225 e. The zero-order chi connectivity index (χ0) is 11.5. The molecule has 0 spiro atoms. The Morgan fingerprint density at radius 3 is 2.56 bits per heavy atom. The van der Waals surface area contributed by atoms with Crippen LogP contribution in [0.3, 0.4) is 0 Å². The van der Waals surface area contributed by atoms with Gasteiger partial charge in [-0.3, -0.25) is 4.79 Å². The standard InChI is InChI=1S/C12H20ClNO2/c1-16-5-4-14(3-2-13)12(15)11-7-9-6-10(9)8-11/h9-11H,2-8H2,1H3. The summed E-state index contributed by atoms with van der Waals surface area (Å²) in [6, 6.07) is 0. The third kappa shape index (κ3) is 2.69. The molecule has 3 nitrogen and oxygen atoms in total. The highest BCUT2D eigenvalue weighted by atomic mass is 35.5. The smallest absolute Gasteiger partial charge is 0.225 e. The molecule has 2 aliphatic rings. The third-order valence-electron chi connectivity index (χ3n) is 3.82. The van der Waals surface area contributed by atoms with E-state index in [9.17, 15) is 4.79 Å². The van der Waals surface area contributed by atoms with Crippen LogP contribution in [0.1, 0.15) is 19.3 Å². The number of ether oxygens (including phenoxy) is 1. The highest BCUT2D eigenvalue weighted by molar-refractivity contribution is 6.18. The van der Waals surface area contributed by atoms with E-state index in [0.717, 1.165) is 24.7 Å². The number of amides is 1. The number of methoxy groups -OCH3 is 1. The largest absolute Gasteiger partial charge is 0.383 e. The van der Waals surface area contributed by atoms with Crippen LogP contribution in [0.5, 0.6) is 0 Å². The Kier molecular flexibility index (Phi) is 4.09. The van der Waals surface area contributed by atoms with E-state index in [0.29, 0.717) is 31.5 Å². The molecule has 2 unspecified atom stereocenters. The fraction of sp³-hybridized carbons (Fsp3) is 0.917. The van der Waals surface area contributed by atoms with Crippen LogP contribution in [0, 0.1) is 17.8 Å². The number of hydrogen-bond donors (Lipinski definition) is 0. The zero-order valence-corrected chi connectivity index (χ0v) is 10.6. The summed E-state index contributed by atoms with van der Waals surface area (Å²) >= 11 is 5.73. The molecule has 0 N–H and O–H groups in total. The van der Waals surface area contributed by atoms with Crippen molar-refractivity contribution in [3.05, 3.63) is 0 Å². The summed E-state index contributed by atoms with van der Waals surface area (Å²) in [6.07, 6.45) is 3.57. The molecule has 92 valence electrons. The van der Waals surface area contributed by atoms with Gasteiger partial charge in [-0.05, 0) is 31.1 Å². The summed E-state index contributed by atoms with van der Waals surface area (Å²) in [4.78, 5) is 14.1. The van der Waals surface area contributed by atoms with Crippen LogP contribution in [-0.2, 0) is 9.53 Å². The summed E-state index contributed by atoms with van der Waals surface area (Å²) < 4.78 is 5.02. The number of carbonyl (C=O) groups excluding carboxylic acids is 1. The molecule has 0 bridgehead atoms. The molecule has 4 heteroatoms. The summed E-state index contributed by atoms with van der Waals surface area (Å²) in [5.74, 6) is 2.78. The van der Waals surface area contributed by atoms with Crippen molar-refractivity contribution in [1.29, 1.82) is 0 Å². The Morgan fingerprint density at radius 2 is 2.00 bits per heavy atom. The van der Waals surface area contributed by atoms with Gasteiger partial charge in [0.1, 0.15) is 0 Å². The van der Waals surface area contributed by atoms with Crippen LogP contribution in [0.15, 0.2) is 0 Å². The minimum Gasteiger partial charge on any atom is -0.383 e. The van der Waals surface area contributed by atoms with E-state index in [1.807, 2.05) is 4.90 Å². The van der Waals surface area contributed by atoms with Crippen molar-refractivity contribution in [2.45, 2.75) is 19.3 Å². The van der Waals surface area contributed by atoms with Gasteiger partial charge in [0.2, 0.25) is 5.91 Å². The fourth-order valence-corrected chi connectivity index (χ4v) is 3.01. The van der Waals surface area contributed by atoms with Gasteiger partial charge in [0.25, 0.3) is 0 Å². The highest BCUT2D eigenvalue weighted by Crippen LogP contribution is 2.54. The van der Waals surface area contributed by atoms with Crippen LogP contribution in [-0.4, -0.2) is 43.5 Å². The molecule has 0 aromatic carbocycles. The lowest BCUT2D eigenvalue weighted by molar-refractivity contribution is -0.136. The maximum absolute atomic E-state index is 12.2. The Morgan fingerprint density at radius 1 is 1.31 bits per heavy atom. The summed E-state index contributed by atoms with van der Waals surface area (Å²) in [5.41, 5.74) is 0. The molecular formula is C12H20ClNO2. The average molecular weight is 246 g/mol. The lowest BCUT2D eigenvalue weighted by atomic mass is 10.0. The van der Waals surface area contributed by atoms with Gasteiger partial charge in [-0.15, -0.1) is 11.6 Å². The number of nitrogens with zero attached hydrogens (tertiary/aromatic N) is 1. The maximum atomic E-state index is 12.2. The number of rotatable bonds is 6. The van der Waals surface area contributed by atoms with Gasteiger partial charge in [0, 0.05) is 32.0 Å². The van der Waals surface area contributed by atoms with E-state index in [1.54, 1.807) is 7.11 Å². The molecule has 0 aliphatic heterocycles. The van der Waals surface area contributed by atoms with Crippen LogP contribution >= 0.6 is 11.6 Å². The normalized spacial score (nSPS) is 31.2. The molecule has 2 aliphatic carbocycles. The quantitative estimate of drug-likeness (QED) is 0.668. The molecule has 0 aromatic rings. The summed E-state index contributed by atoms with van der Waals surface area (Å²) in [7, 11) is 1.66. The first-order chi connectivity index (χ1) is 7.76. The molecular weight excluding hydrogens is 226 g/mol. The van der Waals surface area contributed by atoms with E-state index in [2.05, 4.69) is 0 Å². The van der Waals surface area contributed by atoms with Gasteiger partial charge in [-0.2, -0.15) is 0 Å². The first kappa shape index (κ1) is 12.2. The predicted octanol–water partition coefficient (Wildman–Crippen LogP) is 1.75. The lowest BCUT2D eigenvalue weighted by Crippen LogP contribution is -2.39. The second-order valence-electron chi connectivity index (χ2n) is 4.93. The van der Waals surface area contributed by atoms with Gasteiger partial charge in [0.05, 0.1) is 6.61 Å². The Labute approximate surface area is 102 Å². The van der Waals surface area contributed by atoms with Gasteiger partial charge in [-0.25, -0.2) is 0 Å². The number of alkyl halides is 1. The van der Waals surface area contributed by atoms with Gasteiger partial charge >= 0.3 is 0 Å². The second kappa shape index (κ2) is 5.37. The molecule has 0 heterocycles. The van der Waals surface area contributed by atoms with Gasteiger partial charge in [0.15, 0.2) is 0 Å². The Hall–Kier alpha value is -0.280. The number of hydrogen-bond acceptors (Lipinski definition) is 2. The van der Waals surface area contributed by atoms with E-state index < -0.39 is 0 Å². The van der Waals surface area contributed by atoms with Crippen molar-refractivity contribution in [3.63, 3.8) is 0 Å². The minimum absolute atomic E-state index is 0.267. The van der Waals surface area contributed by atoms with E-state index >= 15 is 0 Å². The highest BCUT2D eigenvalue weighted by Gasteiger charge is 2.48. The molecule has 2 rings (SSSR count). The van der Waals surface area contributed by atoms with Crippen molar-refractivity contribution >= 4 is 17.5 Å². The Balaban J connectivity index is 1.83. The zero-order valence-electron chi connectivity index (χ0n) is 9.82. The van der Waals surface area contributed by atoms with Crippen molar-refractivity contribution < 1.29 is 9.53 Å². The molecule has 2 fully saturated rings. The van der Waals surface area contributed by atoms with Crippen molar-refractivity contribution in [2.75, 3.05) is 32.7 Å². The van der Waals surface area contributed by atoms with Crippen molar-refractivity contribution in [1.82, 2.24) is 4.90 Å². The predicted molar refractivity (Wildman–Crippen MR) is 63.5 cm³/mol. The molecule has 16 heavy (non-hydrogen) atoms. The monoisotopic (exact) mass is 245 g/mol. The number of fused-ring (bicyclic) bond motifs is 1. The topological polar surface area (TPSA) is 29.5 Å². The van der Waals surface area contributed by atoms with Gasteiger partial charge < -0.3 is 9.64 Å². The van der Waals surface area contributed by atoms with Crippen LogP contribution in [0.25, 0.3) is 0 Å². The lowest BCUT2D eigenvalue weighted by Gasteiger charge is -2.25. The molecule has 2 saturated carbocycles. The van der Waals surface area contributed by atoms with Crippen molar-refractivity contribution in [3.8, 4) is 0 Å². The summed E-state index contributed by atoms with van der Waals surface area (Å²) in [5, 5.41) is 0. The van der Waals surface area contributed by atoms with E-state index in [1.165, 1.54) is 6.42 Å². The number of carbonyl (C=O) groups is 1. The van der Waals surface area contributed by atoms with Crippen LogP contribution in [0.4, 0.5) is 0 Å². The first-order valence-electron chi connectivity index (χ1n) is 6.10. The molecule has 0 saturated heterocycles. The molecule has 0 radical (unpaired) electrons. The summed E-state index contributed by atoms with van der Waals surface area (Å²) in [6.45, 7) is 1.92. The van der Waals surface area contributed by atoms with E-state index in [4.69, 9.17) is 16.3 Å². The third-order valence-corrected chi connectivity index (χ3v) is 3.99. The second-order valence-corrected chi connectivity index (χ2v) is 5.31.